The second-order valence-electron chi connectivity index (χ2n) is 8.22. The van der Waals surface area contributed by atoms with E-state index in [9.17, 15) is 9.59 Å². The van der Waals surface area contributed by atoms with E-state index in [4.69, 9.17) is 0 Å². The van der Waals surface area contributed by atoms with Crippen molar-refractivity contribution in [3.63, 3.8) is 0 Å². The second-order valence-corrected chi connectivity index (χ2v) is 8.22. The van der Waals surface area contributed by atoms with E-state index in [1.807, 2.05) is 53.4 Å². The Hall–Kier alpha value is -2.73. The first-order valence-electron chi connectivity index (χ1n) is 11.0. The molecule has 0 unspecified atom stereocenters. The van der Waals surface area contributed by atoms with Crippen LogP contribution in [0.1, 0.15) is 41.7 Å². The van der Waals surface area contributed by atoms with Gasteiger partial charge in [0.05, 0.1) is 18.3 Å². The summed E-state index contributed by atoms with van der Waals surface area (Å²) < 4.78 is 0. The second kappa shape index (κ2) is 9.85. The predicted octanol–water partition coefficient (Wildman–Crippen LogP) is 2.71. The first kappa shape index (κ1) is 20.5. The standard InChI is InChI=1S/C24H30N4O2/c29-23(26-18-21-12-6-7-13-25-21)22(19-8-4-5-9-19)27-14-16-28(17-15-27)24(30)20-10-2-1-3-11-20/h1-3,6-7,10-13,19,22H,4-5,8-9,14-18H2,(H,26,29)/t22-/m1/s1. The first-order valence-corrected chi connectivity index (χ1v) is 11.0. The monoisotopic (exact) mass is 406 g/mol. The lowest BCUT2D eigenvalue weighted by molar-refractivity contribution is -0.129. The minimum absolute atomic E-state index is 0.0762. The van der Waals surface area contributed by atoms with Crippen molar-refractivity contribution < 1.29 is 9.59 Å². The number of nitrogens with zero attached hydrogens (tertiary/aromatic N) is 3. The number of piperazine rings is 1. The molecule has 2 aliphatic rings. The maximum Gasteiger partial charge on any atom is 0.253 e. The third-order valence-corrected chi connectivity index (χ3v) is 6.30. The topological polar surface area (TPSA) is 65.5 Å². The summed E-state index contributed by atoms with van der Waals surface area (Å²) in [7, 11) is 0. The summed E-state index contributed by atoms with van der Waals surface area (Å²) in [5, 5.41) is 3.11. The van der Waals surface area contributed by atoms with Crippen molar-refractivity contribution in [2.75, 3.05) is 26.2 Å². The van der Waals surface area contributed by atoms with Gasteiger partial charge in [0.25, 0.3) is 5.91 Å². The zero-order valence-corrected chi connectivity index (χ0v) is 17.4. The fraction of sp³-hybridized carbons (Fsp3) is 0.458. The largest absolute Gasteiger partial charge is 0.349 e. The first-order chi connectivity index (χ1) is 14.7. The summed E-state index contributed by atoms with van der Waals surface area (Å²) in [5.41, 5.74) is 1.60. The molecule has 0 bridgehead atoms. The summed E-state index contributed by atoms with van der Waals surface area (Å²) >= 11 is 0. The Morgan fingerprint density at radius 1 is 0.967 bits per heavy atom. The van der Waals surface area contributed by atoms with Gasteiger partial charge in [-0.2, -0.15) is 0 Å². The SMILES string of the molecule is O=C(NCc1ccccn1)[C@@H](C1CCCC1)N1CCN(C(=O)c2ccccc2)CC1. The highest BCUT2D eigenvalue weighted by Crippen LogP contribution is 2.31. The van der Waals surface area contributed by atoms with Crippen LogP contribution in [0.4, 0.5) is 0 Å². The molecule has 6 heteroatoms. The molecule has 1 aliphatic heterocycles. The molecule has 6 nitrogen and oxygen atoms in total. The van der Waals surface area contributed by atoms with Crippen LogP contribution in [0.2, 0.25) is 0 Å². The quantitative estimate of drug-likeness (QED) is 0.801. The van der Waals surface area contributed by atoms with Crippen LogP contribution in [-0.2, 0) is 11.3 Å². The number of hydrogen-bond acceptors (Lipinski definition) is 4. The Bertz CT molecular complexity index is 829. The number of benzene rings is 1. The smallest absolute Gasteiger partial charge is 0.253 e. The van der Waals surface area contributed by atoms with Gasteiger partial charge in [0.2, 0.25) is 5.91 Å². The van der Waals surface area contributed by atoms with Gasteiger partial charge in [-0.05, 0) is 43.0 Å². The van der Waals surface area contributed by atoms with Crippen molar-refractivity contribution in [1.82, 2.24) is 20.1 Å². The molecule has 0 radical (unpaired) electrons. The van der Waals surface area contributed by atoms with E-state index in [-0.39, 0.29) is 17.9 Å². The highest BCUT2D eigenvalue weighted by Gasteiger charge is 2.37. The Balaban J connectivity index is 1.38. The summed E-state index contributed by atoms with van der Waals surface area (Å²) in [4.78, 5) is 34.4. The third-order valence-electron chi connectivity index (χ3n) is 6.30. The highest BCUT2D eigenvalue weighted by atomic mass is 16.2. The molecular formula is C24H30N4O2. The van der Waals surface area contributed by atoms with E-state index in [2.05, 4.69) is 15.2 Å². The van der Waals surface area contributed by atoms with Crippen molar-refractivity contribution in [1.29, 1.82) is 0 Å². The fourth-order valence-corrected chi connectivity index (χ4v) is 4.70. The van der Waals surface area contributed by atoms with Gasteiger partial charge in [0.15, 0.2) is 0 Å². The number of hydrogen-bond donors (Lipinski definition) is 1. The van der Waals surface area contributed by atoms with E-state index in [0.717, 1.165) is 37.2 Å². The van der Waals surface area contributed by atoms with Crippen LogP contribution in [0.25, 0.3) is 0 Å². The van der Waals surface area contributed by atoms with Gasteiger partial charge in [-0.25, -0.2) is 0 Å². The molecule has 30 heavy (non-hydrogen) atoms. The van der Waals surface area contributed by atoms with Gasteiger partial charge in [0, 0.05) is 37.9 Å². The van der Waals surface area contributed by atoms with Crippen molar-refractivity contribution >= 4 is 11.8 Å². The molecule has 2 fully saturated rings. The number of nitrogens with one attached hydrogen (secondary N) is 1. The van der Waals surface area contributed by atoms with E-state index in [0.29, 0.717) is 25.6 Å². The molecule has 1 aromatic heterocycles. The maximum absolute atomic E-state index is 13.2. The molecule has 1 saturated heterocycles. The van der Waals surface area contributed by atoms with Crippen LogP contribution < -0.4 is 5.32 Å². The van der Waals surface area contributed by atoms with Crippen molar-refractivity contribution in [3.8, 4) is 0 Å². The molecular weight excluding hydrogens is 376 g/mol. The summed E-state index contributed by atoms with van der Waals surface area (Å²) in [5.74, 6) is 0.563. The van der Waals surface area contributed by atoms with Gasteiger partial charge in [-0.3, -0.25) is 19.5 Å². The molecule has 1 aromatic carbocycles. The van der Waals surface area contributed by atoms with Crippen molar-refractivity contribution in [3.05, 3.63) is 66.0 Å². The predicted molar refractivity (Wildman–Crippen MR) is 116 cm³/mol. The van der Waals surface area contributed by atoms with Crippen molar-refractivity contribution in [2.24, 2.45) is 5.92 Å². The van der Waals surface area contributed by atoms with Crippen LogP contribution >= 0.6 is 0 Å². The number of aromatic nitrogens is 1. The summed E-state index contributed by atoms with van der Waals surface area (Å²) in [6.07, 6.45) is 6.34. The van der Waals surface area contributed by atoms with Gasteiger partial charge in [0.1, 0.15) is 0 Å². The van der Waals surface area contributed by atoms with E-state index in [1.54, 1.807) is 6.20 Å². The summed E-state index contributed by atoms with van der Waals surface area (Å²) in [6, 6.07) is 15.1. The maximum atomic E-state index is 13.2. The molecule has 2 amide bonds. The number of carbonyl (C=O) groups is 2. The van der Waals surface area contributed by atoms with Gasteiger partial charge in [-0.15, -0.1) is 0 Å². The van der Waals surface area contributed by atoms with E-state index >= 15 is 0 Å². The lowest BCUT2D eigenvalue weighted by Gasteiger charge is -2.40. The van der Waals surface area contributed by atoms with E-state index in [1.165, 1.54) is 12.8 Å². The zero-order valence-electron chi connectivity index (χ0n) is 17.4. The molecule has 2 aromatic rings. The number of carbonyl (C=O) groups excluding carboxylic acids is 2. The average molecular weight is 407 g/mol. The highest BCUT2D eigenvalue weighted by molar-refractivity contribution is 5.94. The molecule has 1 aliphatic carbocycles. The molecule has 1 N–H and O–H groups in total. The van der Waals surface area contributed by atoms with Crippen LogP contribution in [0.3, 0.4) is 0 Å². The minimum Gasteiger partial charge on any atom is -0.349 e. The third kappa shape index (κ3) is 4.87. The lowest BCUT2D eigenvalue weighted by Crippen LogP contribution is -2.57. The number of pyridine rings is 1. The normalized spacial score (nSPS) is 18.9. The average Bonchev–Trinajstić information content (AvgIpc) is 3.33. The summed E-state index contributed by atoms with van der Waals surface area (Å²) in [6.45, 7) is 3.23. The Morgan fingerprint density at radius 3 is 2.33 bits per heavy atom. The van der Waals surface area contributed by atoms with Gasteiger partial charge in [-0.1, -0.05) is 37.1 Å². The molecule has 1 saturated carbocycles. The minimum atomic E-state index is -0.120. The lowest BCUT2D eigenvalue weighted by atomic mass is 9.95. The Kier molecular flexibility index (Phi) is 6.74. The molecule has 4 rings (SSSR count). The fourth-order valence-electron chi connectivity index (χ4n) is 4.70. The van der Waals surface area contributed by atoms with Gasteiger partial charge >= 0.3 is 0 Å². The Labute approximate surface area is 178 Å². The van der Waals surface area contributed by atoms with Crippen LogP contribution in [0.5, 0.6) is 0 Å². The Morgan fingerprint density at radius 2 is 1.67 bits per heavy atom. The zero-order chi connectivity index (χ0) is 20.8. The van der Waals surface area contributed by atoms with Crippen LogP contribution in [-0.4, -0.2) is 58.8 Å². The van der Waals surface area contributed by atoms with Crippen LogP contribution in [0, 0.1) is 5.92 Å². The van der Waals surface area contributed by atoms with Crippen molar-refractivity contribution in [2.45, 2.75) is 38.3 Å². The number of rotatable bonds is 6. The molecule has 2 heterocycles. The molecule has 158 valence electrons. The molecule has 1 atom stereocenters. The molecule has 0 spiro atoms. The van der Waals surface area contributed by atoms with E-state index < -0.39 is 0 Å². The number of amides is 2. The van der Waals surface area contributed by atoms with Crippen LogP contribution in [0.15, 0.2) is 54.7 Å². The van der Waals surface area contributed by atoms with Gasteiger partial charge < -0.3 is 10.2 Å².